The van der Waals surface area contributed by atoms with Gasteiger partial charge in [0.15, 0.2) is 40.2 Å². The highest BCUT2D eigenvalue weighted by Gasteiger charge is 2.48. The monoisotopic (exact) mass is 629 g/mol. The number of fused-ring (bicyclic) bond motifs is 5. The van der Waals surface area contributed by atoms with Crippen molar-refractivity contribution in [3.63, 3.8) is 0 Å². The van der Waals surface area contributed by atoms with Gasteiger partial charge in [-0.3, -0.25) is 18.9 Å². The molecule has 0 spiro atoms. The third kappa shape index (κ3) is 4.71. The van der Waals surface area contributed by atoms with Crippen LogP contribution in [0.2, 0.25) is 0 Å². The van der Waals surface area contributed by atoms with Gasteiger partial charge in [0, 0.05) is 13.0 Å². The second-order valence-electron chi connectivity index (χ2n) is 10.5. The molecular weight excluding hydrogens is 602 g/mol. The van der Waals surface area contributed by atoms with Crippen LogP contribution in [0.15, 0.2) is 23.8 Å². The van der Waals surface area contributed by atoms with Crippen LogP contribution >= 0.6 is 24.4 Å². The average Bonchev–Trinajstić information content (AvgIpc) is 3.72. The number of nitrogens with two attached hydrogens (primary N) is 2. The molecule has 3 saturated heterocycles. The van der Waals surface area contributed by atoms with Crippen molar-refractivity contribution in [2.45, 2.75) is 61.8 Å². The molecule has 0 saturated carbocycles. The van der Waals surface area contributed by atoms with Gasteiger partial charge in [-0.1, -0.05) is 12.2 Å². The summed E-state index contributed by atoms with van der Waals surface area (Å²) in [7, 11) is 0. The number of aliphatic hydroxyl groups excluding tert-OH is 2. The van der Waals surface area contributed by atoms with E-state index in [0.717, 1.165) is 0 Å². The Hall–Kier alpha value is -4.08. The van der Waals surface area contributed by atoms with Crippen LogP contribution in [0, 0.1) is 0 Å². The molecule has 2 unspecified atom stereocenters. The summed E-state index contributed by atoms with van der Waals surface area (Å²) < 4.78 is 15.7. The first-order valence-corrected chi connectivity index (χ1v) is 14.2. The van der Waals surface area contributed by atoms with Crippen molar-refractivity contribution in [2.75, 3.05) is 18.0 Å². The van der Waals surface area contributed by atoms with Crippen molar-refractivity contribution in [1.82, 2.24) is 55.0 Å². The third-order valence-corrected chi connectivity index (χ3v) is 8.46. The fourth-order valence-corrected chi connectivity index (χ4v) is 6.29. The van der Waals surface area contributed by atoms with Crippen molar-refractivity contribution in [3.05, 3.63) is 29.3 Å². The van der Waals surface area contributed by atoms with E-state index >= 15 is 0 Å². The van der Waals surface area contributed by atoms with Gasteiger partial charge in [-0.15, -0.1) is 0 Å². The standard InChI is InChI=1S/C23H27N13O5S2/c24-16-12-17(28-4-27-16)35(5-29-12)21-15(38)10-8(41-21)3-26-23(43)32-11-14(37)7(1-2-9(42)31-10)40-20(11)36-6-30-13-18(36)33-22(25)34-19(13)39/h4-8,10-11,14-15,20-21,37-38H,1-3H2,(H,31,42)(H2,24,27,28)(H2,26,32,43)(H3,25,33,34,39)/t7-,8-,10+,11+,14?,15?,20-,21-/m1/s1. The molecule has 0 aromatic carbocycles. The molecule has 3 aliphatic rings. The first kappa shape index (κ1) is 27.7. The lowest BCUT2D eigenvalue weighted by Crippen LogP contribution is -2.53. The summed E-state index contributed by atoms with van der Waals surface area (Å²) in [5, 5.41) is 32.3. The molecule has 0 amide bonds. The molecule has 226 valence electrons. The first-order valence-electron chi connectivity index (χ1n) is 13.4. The van der Waals surface area contributed by atoms with Crippen molar-refractivity contribution in [1.29, 1.82) is 0 Å². The number of rotatable bonds is 2. The van der Waals surface area contributed by atoms with Gasteiger partial charge in [-0.25, -0.2) is 19.9 Å². The van der Waals surface area contributed by atoms with E-state index in [2.05, 4.69) is 45.9 Å². The Labute approximate surface area is 252 Å². The summed E-state index contributed by atoms with van der Waals surface area (Å²) in [5.74, 6) is 0.129. The summed E-state index contributed by atoms with van der Waals surface area (Å²) in [6.07, 6.45) is -0.137. The number of ether oxygens (including phenoxy) is 2. The predicted molar refractivity (Wildman–Crippen MR) is 158 cm³/mol. The second kappa shape index (κ2) is 10.6. The summed E-state index contributed by atoms with van der Waals surface area (Å²) in [4.78, 5) is 36.1. The Morgan fingerprint density at radius 3 is 2.47 bits per heavy atom. The van der Waals surface area contributed by atoms with Crippen molar-refractivity contribution in [3.8, 4) is 0 Å². The highest BCUT2D eigenvalue weighted by Crippen LogP contribution is 2.35. The van der Waals surface area contributed by atoms with Crippen molar-refractivity contribution < 1.29 is 19.7 Å². The number of anilines is 2. The largest absolute Gasteiger partial charge is 0.388 e. The molecule has 0 aliphatic carbocycles. The van der Waals surface area contributed by atoms with Crippen LogP contribution in [0.4, 0.5) is 11.8 Å². The maximum absolute atomic E-state index is 12.4. The van der Waals surface area contributed by atoms with E-state index in [0.29, 0.717) is 29.0 Å². The fraction of sp³-hybridized carbons (Fsp3) is 0.478. The van der Waals surface area contributed by atoms with Gasteiger partial charge in [0.1, 0.15) is 36.2 Å². The number of aliphatic hydroxyl groups is 2. The molecule has 7 heterocycles. The first-order chi connectivity index (χ1) is 20.7. The molecule has 18 nitrogen and oxygen atoms in total. The molecule has 3 aliphatic heterocycles. The molecule has 3 fully saturated rings. The maximum atomic E-state index is 12.4. The number of hydrogen-bond acceptors (Lipinski definition) is 14. The Balaban J connectivity index is 1.16. The van der Waals surface area contributed by atoms with E-state index < -0.39 is 54.5 Å². The Morgan fingerprint density at radius 2 is 1.65 bits per heavy atom. The number of aromatic nitrogens is 8. The van der Waals surface area contributed by atoms with Crippen molar-refractivity contribution >= 4 is 68.6 Å². The number of nitrogen functional groups attached to an aromatic ring is 2. The normalized spacial score (nSPS) is 31.5. The fourth-order valence-electron chi connectivity index (χ4n) is 5.82. The molecule has 43 heavy (non-hydrogen) atoms. The average molecular weight is 630 g/mol. The van der Waals surface area contributed by atoms with E-state index in [1.807, 2.05) is 0 Å². The molecule has 7 rings (SSSR count). The van der Waals surface area contributed by atoms with Crippen LogP contribution in [0.3, 0.4) is 0 Å². The minimum absolute atomic E-state index is 0.0762. The topological polar surface area (TPSA) is 254 Å². The van der Waals surface area contributed by atoms with Gasteiger partial charge in [0.2, 0.25) is 5.95 Å². The van der Waals surface area contributed by atoms with Crippen LogP contribution in [0.1, 0.15) is 25.3 Å². The predicted octanol–water partition coefficient (Wildman–Crippen LogP) is -2.45. The molecular formula is C23H27N13O5S2. The van der Waals surface area contributed by atoms with Gasteiger partial charge in [-0.05, 0) is 18.6 Å². The Kier molecular flexibility index (Phi) is 6.82. The van der Waals surface area contributed by atoms with E-state index in [1.54, 1.807) is 4.57 Å². The SMILES string of the molecule is Nc1nc2c(ncn2[C@@H]2O[C@@H]3CCC(=S)N[C@@H]4C(O)[C@H](n5cnc6c(N)ncnc65)O[C@@H]4CNC(=S)N[C@H]2C3O)c(=O)[nH]1. The number of thiocarbonyl (C=S) groups is 2. The molecule has 20 heteroatoms. The number of nitrogens with one attached hydrogen (secondary N) is 4. The van der Waals surface area contributed by atoms with Gasteiger partial charge < -0.3 is 47.1 Å². The van der Waals surface area contributed by atoms with Gasteiger partial charge in [0.05, 0.1) is 29.8 Å². The van der Waals surface area contributed by atoms with Gasteiger partial charge in [-0.2, -0.15) is 4.98 Å². The second-order valence-corrected chi connectivity index (χ2v) is 11.4. The lowest BCUT2D eigenvalue weighted by atomic mass is 10.0. The van der Waals surface area contributed by atoms with E-state index in [1.165, 1.54) is 23.5 Å². The zero-order valence-electron chi connectivity index (χ0n) is 22.2. The number of H-pyrrole nitrogens is 1. The maximum Gasteiger partial charge on any atom is 0.280 e. The van der Waals surface area contributed by atoms with Crippen LogP contribution < -0.4 is 33.0 Å². The zero-order chi connectivity index (χ0) is 30.0. The lowest BCUT2D eigenvalue weighted by molar-refractivity contribution is -0.0332. The van der Waals surface area contributed by atoms with E-state index in [-0.39, 0.29) is 34.6 Å². The van der Waals surface area contributed by atoms with Crippen LogP contribution in [-0.2, 0) is 9.47 Å². The number of imidazole rings is 2. The summed E-state index contributed by atoms with van der Waals surface area (Å²) >= 11 is 11.2. The molecule has 4 aromatic heterocycles. The smallest absolute Gasteiger partial charge is 0.280 e. The number of hydrogen-bond donors (Lipinski definition) is 8. The van der Waals surface area contributed by atoms with Crippen molar-refractivity contribution in [2.24, 2.45) is 0 Å². The highest BCUT2D eigenvalue weighted by molar-refractivity contribution is 7.80. The molecule has 0 radical (unpaired) electrons. The quantitative estimate of drug-likeness (QED) is 0.107. The highest BCUT2D eigenvalue weighted by atomic mass is 32.1. The molecule has 10 N–H and O–H groups in total. The van der Waals surface area contributed by atoms with Crippen LogP contribution in [-0.4, -0.2) is 102 Å². The minimum Gasteiger partial charge on any atom is -0.388 e. The van der Waals surface area contributed by atoms with Gasteiger partial charge in [0.25, 0.3) is 5.56 Å². The third-order valence-electron chi connectivity index (χ3n) is 7.88. The number of nitrogens with zero attached hydrogens (tertiary/aromatic N) is 7. The van der Waals surface area contributed by atoms with Crippen LogP contribution in [0.25, 0.3) is 22.3 Å². The lowest BCUT2D eigenvalue weighted by Gasteiger charge is -2.26. The van der Waals surface area contributed by atoms with E-state index in [9.17, 15) is 15.0 Å². The summed E-state index contributed by atoms with van der Waals surface area (Å²) in [6, 6.07) is -1.37. The zero-order valence-corrected chi connectivity index (χ0v) is 23.8. The van der Waals surface area contributed by atoms with Gasteiger partial charge >= 0.3 is 0 Å². The number of aromatic amines is 1. The van der Waals surface area contributed by atoms with Crippen LogP contribution in [0.5, 0.6) is 0 Å². The summed E-state index contributed by atoms with van der Waals surface area (Å²) in [5.41, 5.74) is 12.3. The molecule has 2 bridgehead atoms. The Bertz CT molecular complexity index is 1790. The molecule has 4 aromatic rings. The molecule has 8 atom stereocenters. The Morgan fingerprint density at radius 1 is 0.907 bits per heavy atom. The summed E-state index contributed by atoms with van der Waals surface area (Å²) in [6.45, 7) is 0.169. The van der Waals surface area contributed by atoms with E-state index in [4.69, 9.17) is 45.4 Å². The minimum atomic E-state index is -1.05.